The van der Waals surface area contributed by atoms with Crippen LogP contribution in [0.1, 0.15) is 18.4 Å². The fourth-order valence-electron chi connectivity index (χ4n) is 3.07. The summed E-state index contributed by atoms with van der Waals surface area (Å²) in [5.41, 5.74) is 4.82. The minimum Gasteiger partial charge on any atom is -0.354 e. The predicted octanol–water partition coefficient (Wildman–Crippen LogP) is 3.41. The lowest BCUT2D eigenvalue weighted by molar-refractivity contribution is 0.433. The second-order valence-electron chi connectivity index (χ2n) is 7.16. The van der Waals surface area contributed by atoms with Gasteiger partial charge < -0.3 is 14.8 Å². The van der Waals surface area contributed by atoms with Gasteiger partial charge in [-0.1, -0.05) is 29.4 Å². The zero-order valence-corrected chi connectivity index (χ0v) is 15.6. The Morgan fingerprint density at radius 3 is 2.55 bits per heavy atom. The van der Waals surface area contributed by atoms with Crippen molar-refractivity contribution in [2.45, 2.75) is 25.4 Å². The number of pyridine rings is 1. The first kappa shape index (κ1) is 17.5. The van der Waals surface area contributed by atoms with Crippen molar-refractivity contribution in [1.82, 2.24) is 25.4 Å². The molecular formula is C22H19N5O2. The van der Waals surface area contributed by atoms with Gasteiger partial charge in [-0.3, -0.25) is 9.78 Å². The summed E-state index contributed by atoms with van der Waals surface area (Å²) in [6.45, 7) is 0.891. The zero-order chi connectivity index (χ0) is 19.6. The summed E-state index contributed by atoms with van der Waals surface area (Å²) in [7, 11) is 0. The second-order valence-corrected chi connectivity index (χ2v) is 7.16. The molecule has 0 aliphatic heterocycles. The van der Waals surface area contributed by atoms with Crippen LogP contribution < -0.4 is 10.9 Å². The lowest BCUT2D eigenvalue weighted by Crippen LogP contribution is -2.14. The van der Waals surface area contributed by atoms with E-state index in [-0.39, 0.29) is 5.56 Å². The summed E-state index contributed by atoms with van der Waals surface area (Å²) >= 11 is 0. The molecule has 144 valence electrons. The number of nitrogens with zero attached hydrogens (tertiary/aromatic N) is 3. The van der Waals surface area contributed by atoms with Crippen LogP contribution in [0.2, 0.25) is 0 Å². The summed E-state index contributed by atoms with van der Waals surface area (Å²) in [4.78, 5) is 22.7. The molecule has 1 saturated carbocycles. The summed E-state index contributed by atoms with van der Waals surface area (Å²) in [6, 6.07) is 14.0. The van der Waals surface area contributed by atoms with Crippen molar-refractivity contribution in [3.8, 4) is 34.0 Å². The molecule has 0 bridgehead atoms. The van der Waals surface area contributed by atoms with Crippen LogP contribution in [-0.2, 0) is 6.54 Å². The largest absolute Gasteiger partial charge is 0.354 e. The molecule has 0 radical (unpaired) electrons. The first-order valence-electron chi connectivity index (χ1n) is 9.55. The van der Waals surface area contributed by atoms with Crippen LogP contribution in [0, 0.1) is 0 Å². The van der Waals surface area contributed by atoms with Gasteiger partial charge >= 0.3 is 0 Å². The molecular weight excluding hydrogens is 366 g/mol. The minimum atomic E-state index is -0.160. The molecule has 7 heteroatoms. The number of aromatic nitrogens is 4. The zero-order valence-electron chi connectivity index (χ0n) is 15.6. The highest BCUT2D eigenvalue weighted by atomic mass is 16.5. The summed E-state index contributed by atoms with van der Waals surface area (Å²) in [6.07, 6.45) is 7.45. The predicted molar refractivity (Wildman–Crippen MR) is 109 cm³/mol. The molecule has 7 nitrogen and oxygen atoms in total. The van der Waals surface area contributed by atoms with E-state index in [4.69, 9.17) is 4.52 Å². The van der Waals surface area contributed by atoms with Crippen molar-refractivity contribution in [2.24, 2.45) is 0 Å². The van der Waals surface area contributed by atoms with Crippen LogP contribution in [0.15, 0.2) is 70.4 Å². The number of H-pyrrole nitrogens is 1. The number of aromatic amines is 1. The fraction of sp³-hybridized carbons (Fsp3) is 0.182. The van der Waals surface area contributed by atoms with Crippen molar-refractivity contribution in [3.05, 3.63) is 77.0 Å². The van der Waals surface area contributed by atoms with E-state index in [0.717, 1.165) is 23.4 Å². The number of hydrogen-bond donors (Lipinski definition) is 2. The number of hydrogen-bond acceptors (Lipinski definition) is 6. The average Bonchev–Trinajstić information content (AvgIpc) is 3.47. The Bertz CT molecular complexity index is 1170. The van der Waals surface area contributed by atoms with E-state index in [9.17, 15) is 4.79 Å². The highest BCUT2D eigenvalue weighted by Gasteiger charge is 2.19. The maximum Gasteiger partial charge on any atom is 0.247 e. The third-order valence-electron chi connectivity index (χ3n) is 4.90. The third kappa shape index (κ3) is 4.00. The standard InChI is InChI=1S/C22H19N5O2/c28-22-8-5-16(11-25-22)19-12-23-13-20(26-19)21-9-18(27-29-21)15-3-1-14(2-4-15)10-24-17-6-7-17/h1-5,8-9,11-13,17,24H,6-7,10H2,(H,25,28). The maximum atomic E-state index is 11.3. The van der Waals surface area contributed by atoms with Gasteiger partial charge in [0.05, 0.1) is 18.1 Å². The Morgan fingerprint density at radius 2 is 1.79 bits per heavy atom. The Morgan fingerprint density at radius 1 is 1.00 bits per heavy atom. The van der Waals surface area contributed by atoms with Crippen LogP contribution in [0.3, 0.4) is 0 Å². The molecule has 0 unspecified atom stereocenters. The number of benzene rings is 1. The molecule has 1 aliphatic carbocycles. The molecule has 3 heterocycles. The molecule has 2 N–H and O–H groups in total. The van der Waals surface area contributed by atoms with Crippen molar-refractivity contribution in [2.75, 3.05) is 0 Å². The molecule has 1 aromatic carbocycles. The van der Waals surface area contributed by atoms with Gasteiger partial charge in [-0.15, -0.1) is 0 Å². The molecule has 5 rings (SSSR count). The van der Waals surface area contributed by atoms with E-state index in [1.54, 1.807) is 24.7 Å². The lowest BCUT2D eigenvalue weighted by atomic mass is 10.1. The van der Waals surface area contributed by atoms with Crippen molar-refractivity contribution < 1.29 is 4.52 Å². The number of rotatable bonds is 6. The first-order valence-corrected chi connectivity index (χ1v) is 9.55. The van der Waals surface area contributed by atoms with E-state index in [1.165, 1.54) is 24.5 Å². The molecule has 1 fully saturated rings. The maximum absolute atomic E-state index is 11.3. The topological polar surface area (TPSA) is 96.7 Å². The average molecular weight is 385 g/mol. The van der Waals surface area contributed by atoms with Gasteiger partial charge in [0.1, 0.15) is 11.4 Å². The molecule has 1 aliphatic rings. The Kier molecular flexibility index (Phi) is 4.50. The van der Waals surface area contributed by atoms with E-state index in [1.807, 2.05) is 18.2 Å². The van der Waals surface area contributed by atoms with Crippen LogP contribution in [0.5, 0.6) is 0 Å². The van der Waals surface area contributed by atoms with Crippen molar-refractivity contribution in [1.29, 1.82) is 0 Å². The Hall–Kier alpha value is -3.58. The van der Waals surface area contributed by atoms with E-state index >= 15 is 0 Å². The first-order chi connectivity index (χ1) is 14.2. The number of nitrogens with one attached hydrogen (secondary N) is 2. The quantitative estimate of drug-likeness (QED) is 0.528. The summed E-state index contributed by atoms with van der Waals surface area (Å²) in [5.74, 6) is 0.540. The summed E-state index contributed by atoms with van der Waals surface area (Å²) < 4.78 is 5.51. The van der Waals surface area contributed by atoms with E-state index in [2.05, 4.69) is 37.6 Å². The second kappa shape index (κ2) is 7.44. The van der Waals surface area contributed by atoms with E-state index < -0.39 is 0 Å². The third-order valence-corrected chi connectivity index (χ3v) is 4.90. The lowest BCUT2D eigenvalue weighted by Gasteiger charge is -2.03. The summed E-state index contributed by atoms with van der Waals surface area (Å²) in [5, 5.41) is 7.70. The van der Waals surface area contributed by atoms with Crippen molar-refractivity contribution in [3.63, 3.8) is 0 Å². The van der Waals surface area contributed by atoms with Crippen molar-refractivity contribution >= 4 is 0 Å². The minimum absolute atomic E-state index is 0.160. The molecule has 0 atom stereocenters. The molecule has 3 aromatic heterocycles. The normalized spacial score (nSPS) is 13.5. The van der Waals surface area contributed by atoms with Crippen LogP contribution in [0.25, 0.3) is 34.0 Å². The fourth-order valence-corrected chi connectivity index (χ4v) is 3.07. The van der Waals surface area contributed by atoms with Gasteiger partial charge in [-0.05, 0) is 24.5 Å². The molecule has 0 amide bonds. The van der Waals surface area contributed by atoms with Gasteiger partial charge in [0.25, 0.3) is 0 Å². The highest BCUT2D eigenvalue weighted by molar-refractivity contribution is 5.66. The highest BCUT2D eigenvalue weighted by Crippen LogP contribution is 2.26. The van der Waals surface area contributed by atoms with Gasteiger partial charge in [-0.2, -0.15) is 0 Å². The molecule has 0 saturated heterocycles. The molecule has 29 heavy (non-hydrogen) atoms. The SMILES string of the molecule is O=c1ccc(-c2cncc(-c3cc(-c4ccc(CNC5CC5)cc4)no3)n2)c[nH]1. The van der Waals surface area contributed by atoms with Gasteiger partial charge in [0.15, 0.2) is 5.76 Å². The Balaban J connectivity index is 1.36. The monoisotopic (exact) mass is 385 g/mol. The van der Waals surface area contributed by atoms with E-state index in [0.29, 0.717) is 23.2 Å². The molecule has 0 spiro atoms. The van der Waals surface area contributed by atoms with Gasteiger partial charge in [-0.25, -0.2) is 4.98 Å². The molecule has 4 aromatic rings. The van der Waals surface area contributed by atoms with Crippen LogP contribution >= 0.6 is 0 Å². The van der Waals surface area contributed by atoms with Gasteiger partial charge in [0, 0.05) is 42.0 Å². The Labute approximate surface area is 166 Å². The van der Waals surface area contributed by atoms with Crippen LogP contribution in [-0.4, -0.2) is 26.2 Å². The smallest absolute Gasteiger partial charge is 0.247 e. The van der Waals surface area contributed by atoms with Gasteiger partial charge in [0.2, 0.25) is 5.56 Å². The van der Waals surface area contributed by atoms with Crippen LogP contribution in [0.4, 0.5) is 0 Å².